The Balaban J connectivity index is 0.00000242. The average Bonchev–Trinajstić information content (AvgIpc) is 3.15. The van der Waals surface area contributed by atoms with E-state index in [1.807, 2.05) is 31.4 Å². The van der Waals surface area contributed by atoms with Gasteiger partial charge in [-0.3, -0.25) is 9.59 Å². The standard InChI is InChI=1S/C15H23N3O2S.ClH/c1-9(2)13(16)15(20)17-8-12(19)18-14(10-5-6-10)11-4-3-7-21-11;/h3-4,7,9-10,13-14H,5-6,8,16H2,1-2H3,(H,17,20)(H,18,19);1H/t13-,14?;/m0./s1. The van der Waals surface area contributed by atoms with Crippen molar-refractivity contribution >= 4 is 35.6 Å². The molecule has 1 aliphatic rings. The van der Waals surface area contributed by atoms with E-state index in [4.69, 9.17) is 5.73 Å². The molecule has 4 N–H and O–H groups in total. The zero-order valence-corrected chi connectivity index (χ0v) is 14.5. The molecule has 1 aromatic rings. The van der Waals surface area contributed by atoms with E-state index in [0.29, 0.717) is 5.92 Å². The lowest BCUT2D eigenvalue weighted by Gasteiger charge is -2.18. The normalized spacial score (nSPS) is 16.5. The third-order valence-corrected chi connectivity index (χ3v) is 4.66. The van der Waals surface area contributed by atoms with E-state index in [1.54, 1.807) is 11.3 Å². The highest BCUT2D eigenvalue weighted by molar-refractivity contribution is 7.10. The molecule has 0 spiro atoms. The Morgan fingerprint density at radius 3 is 2.59 bits per heavy atom. The number of thiophene rings is 1. The summed E-state index contributed by atoms with van der Waals surface area (Å²) in [6.07, 6.45) is 2.29. The van der Waals surface area contributed by atoms with E-state index in [-0.39, 0.29) is 42.7 Å². The van der Waals surface area contributed by atoms with Gasteiger partial charge in [0.2, 0.25) is 11.8 Å². The van der Waals surface area contributed by atoms with E-state index in [1.165, 1.54) is 4.88 Å². The van der Waals surface area contributed by atoms with Crippen molar-refractivity contribution in [3.63, 3.8) is 0 Å². The van der Waals surface area contributed by atoms with Crippen LogP contribution in [0, 0.1) is 11.8 Å². The first kappa shape index (κ1) is 18.9. The molecule has 0 radical (unpaired) electrons. The van der Waals surface area contributed by atoms with Gasteiger partial charge in [0.25, 0.3) is 0 Å². The number of amides is 2. The molecule has 1 aliphatic carbocycles. The largest absolute Gasteiger partial charge is 0.347 e. The minimum atomic E-state index is -0.575. The molecule has 2 amide bonds. The number of nitrogens with one attached hydrogen (secondary N) is 2. The van der Waals surface area contributed by atoms with Gasteiger partial charge in [0.15, 0.2) is 0 Å². The molecular formula is C15H24ClN3O2S. The van der Waals surface area contributed by atoms with Crippen LogP contribution in [0.4, 0.5) is 0 Å². The third kappa shape index (κ3) is 5.26. The molecule has 0 aliphatic heterocycles. The highest BCUT2D eigenvalue weighted by Gasteiger charge is 2.34. The van der Waals surface area contributed by atoms with E-state index in [9.17, 15) is 9.59 Å². The van der Waals surface area contributed by atoms with Crippen LogP contribution in [0.15, 0.2) is 17.5 Å². The first-order valence-electron chi connectivity index (χ1n) is 7.35. The Labute approximate surface area is 141 Å². The predicted molar refractivity (Wildman–Crippen MR) is 91.0 cm³/mol. The van der Waals surface area contributed by atoms with Crippen LogP contribution >= 0.6 is 23.7 Å². The quantitative estimate of drug-likeness (QED) is 0.705. The monoisotopic (exact) mass is 345 g/mol. The second kappa shape index (κ2) is 8.50. The number of rotatable bonds is 7. The summed E-state index contributed by atoms with van der Waals surface area (Å²) in [6.45, 7) is 3.74. The molecule has 1 saturated carbocycles. The van der Waals surface area contributed by atoms with Gasteiger partial charge in [-0.2, -0.15) is 0 Å². The van der Waals surface area contributed by atoms with Crippen molar-refractivity contribution in [3.05, 3.63) is 22.4 Å². The molecule has 22 heavy (non-hydrogen) atoms. The molecule has 0 saturated heterocycles. The molecule has 7 heteroatoms. The van der Waals surface area contributed by atoms with Crippen LogP contribution in [0.2, 0.25) is 0 Å². The van der Waals surface area contributed by atoms with Crippen LogP contribution in [-0.2, 0) is 9.59 Å². The van der Waals surface area contributed by atoms with Crippen molar-refractivity contribution in [3.8, 4) is 0 Å². The smallest absolute Gasteiger partial charge is 0.239 e. The predicted octanol–water partition coefficient (Wildman–Crippen LogP) is 1.84. The maximum atomic E-state index is 12.0. The molecule has 0 bridgehead atoms. The van der Waals surface area contributed by atoms with Crippen LogP contribution in [0.3, 0.4) is 0 Å². The Morgan fingerprint density at radius 2 is 2.09 bits per heavy atom. The van der Waals surface area contributed by atoms with Crippen LogP contribution in [0.1, 0.15) is 37.6 Å². The Morgan fingerprint density at radius 1 is 1.41 bits per heavy atom. The molecular weight excluding hydrogens is 322 g/mol. The molecule has 2 rings (SSSR count). The molecule has 2 atom stereocenters. The number of hydrogen-bond donors (Lipinski definition) is 3. The van der Waals surface area contributed by atoms with Crippen LogP contribution < -0.4 is 16.4 Å². The lowest BCUT2D eigenvalue weighted by Crippen LogP contribution is -2.47. The van der Waals surface area contributed by atoms with E-state index in [2.05, 4.69) is 10.6 Å². The zero-order valence-electron chi connectivity index (χ0n) is 12.9. The van der Waals surface area contributed by atoms with Crippen LogP contribution in [-0.4, -0.2) is 24.4 Å². The number of hydrogen-bond acceptors (Lipinski definition) is 4. The summed E-state index contributed by atoms with van der Waals surface area (Å²) < 4.78 is 0. The second-order valence-corrected chi connectivity index (χ2v) is 6.86. The van der Waals surface area contributed by atoms with E-state index in [0.717, 1.165) is 12.8 Å². The molecule has 1 heterocycles. The van der Waals surface area contributed by atoms with Gasteiger partial charge in [0, 0.05) is 4.88 Å². The van der Waals surface area contributed by atoms with Gasteiger partial charge in [0.05, 0.1) is 18.6 Å². The van der Waals surface area contributed by atoms with Crippen molar-refractivity contribution in [2.24, 2.45) is 17.6 Å². The van der Waals surface area contributed by atoms with Crippen molar-refractivity contribution < 1.29 is 9.59 Å². The fraction of sp³-hybridized carbons (Fsp3) is 0.600. The summed E-state index contributed by atoms with van der Waals surface area (Å²) in [5.74, 6) is 0.142. The Hall–Kier alpha value is -1.11. The van der Waals surface area contributed by atoms with Crippen molar-refractivity contribution in [1.82, 2.24) is 10.6 Å². The van der Waals surface area contributed by atoms with Gasteiger partial charge >= 0.3 is 0 Å². The van der Waals surface area contributed by atoms with Crippen LogP contribution in [0.25, 0.3) is 0 Å². The molecule has 1 unspecified atom stereocenters. The van der Waals surface area contributed by atoms with Gasteiger partial charge in [-0.25, -0.2) is 0 Å². The van der Waals surface area contributed by atoms with Gasteiger partial charge in [-0.1, -0.05) is 19.9 Å². The molecule has 1 fully saturated rings. The summed E-state index contributed by atoms with van der Waals surface area (Å²) in [5.41, 5.74) is 5.74. The second-order valence-electron chi connectivity index (χ2n) is 5.89. The lowest BCUT2D eigenvalue weighted by molar-refractivity contribution is -0.127. The zero-order chi connectivity index (χ0) is 15.4. The number of carbonyl (C=O) groups is 2. The minimum Gasteiger partial charge on any atom is -0.347 e. The van der Waals surface area contributed by atoms with E-state index >= 15 is 0 Å². The van der Waals surface area contributed by atoms with Gasteiger partial charge in [-0.15, -0.1) is 23.7 Å². The summed E-state index contributed by atoms with van der Waals surface area (Å²) in [5, 5.41) is 7.64. The van der Waals surface area contributed by atoms with Crippen molar-refractivity contribution in [2.45, 2.75) is 38.8 Å². The summed E-state index contributed by atoms with van der Waals surface area (Å²) in [7, 11) is 0. The molecule has 5 nitrogen and oxygen atoms in total. The van der Waals surface area contributed by atoms with Crippen molar-refractivity contribution in [2.75, 3.05) is 6.54 Å². The minimum absolute atomic E-state index is 0. The molecule has 1 aromatic heterocycles. The lowest BCUT2D eigenvalue weighted by atomic mass is 10.1. The van der Waals surface area contributed by atoms with Gasteiger partial charge < -0.3 is 16.4 Å². The fourth-order valence-electron chi connectivity index (χ4n) is 2.13. The van der Waals surface area contributed by atoms with Crippen LogP contribution in [0.5, 0.6) is 0 Å². The molecule has 0 aromatic carbocycles. The summed E-state index contributed by atoms with van der Waals surface area (Å²) >= 11 is 1.65. The number of halogens is 1. The SMILES string of the molecule is CC(C)[C@H](N)C(=O)NCC(=O)NC(c1cccs1)C1CC1.Cl. The van der Waals surface area contributed by atoms with E-state index < -0.39 is 6.04 Å². The topological polar surface area (TPSA) is 84.2 Å². The highest BCUT2D eigenvalue weighted by atomic mass is 35.5. The fourth-order valence-corrected chi connectivity index (χ4v) is 3.00. The van der Waals surface area contributed by atoms with Gasteiger partial charge in [0.1, 0.15) is 0 Å². The summed E-state index contributed by atoms with van der Waals surface area (Å²) in [4.78, 5) is 24.9. The molecule has 124 valence electrons. The van der Waals surface area contributed by atoms with Gasteiger partial charge in [-0.05, 0) is 36.1 Å². The Bertz CT molecular complexity index is 489. The maximum Gasteiger partial charge on any atom is 0.239 e. The average molecular weight is 346 g/mol. The maximum absolute atomic E-state index is 12.0. The first-order chi connectivity index (χ1) is 9.99. The van der Waals surface area contributed by atoms with Crippen molar-refractivity contribution in [1.29, 1.82) is 0 Å². The highest BCUT2D eigenvalue weighted by Crippen LogP contribution is 2.42. The number of carbonyl (C=O) groups excluding carboxylic acids is 2. The first-order valence-corrected chi connectivity index (χ1v) is 8.23. The Kier molecular flexibility index (Phi) is 7.32. The number of nitrogens with two attached hydrogens (primary N) is 1. The summed E-state index contributed by atoms with van der Waals surface area (Å²) in [6, 6.07) is 3.54. The third-order valence-electron chi connectivity index (χ3n) is 3.70.